The summed E-state index contributed by atoms with van der Waals surface area (Å²) < 4.78 is 2.76. The quantitative estimate of drug-likeness (QED) is 0.460. The number of nitrogens with one attached hydrogen (secondary N) is 1. The molecule has 7 nitrogen and oxygen atoms in total. The molecule has 2 heterocycles. The predicted molar refractivity (Wildman–Crippen MR) is 129 cm³/mol. The Morgan fingerprint density at radius 1 is 1.06 bits per heavy atom. The first kappa shape index (κ1) is 22.0. The minimum atomic E-state index is -0.375. The van der Waals surface area contributed by atoms with Crippen molar-refractivity contribution in [3.05, 3.63) is 79.3 Å². The topological polar surface area (TPSA) is 86.0 Å². The van der Waals surface area contributed by atoms with Crippen molar-refractivity contribution in [2.75, 3.05) is 5.32 Å². The van der Waals surface area contributed by atoms with Gasteiger partial charge in [0.05, 0.1) is 23.0 Å². The Labute approximate surface area is 192 Å². The molecule has 0 aliphatic heterocycles. The Balaban J connectivity index is 1.63. The van der Waals surface area contributed by atoms with E-state index < -0.39 is 0 Å². The highest BCUT2D eigenvalue weighted by atomic mass is 35.5. The molecule has 0 radical (unpaired) electrons. The number of carbonyl (C=O) groups is 1. The zero-order valence-electron chi connectivity index (χ0n) is 17.6. The van der Waals surface area contributed by atoms with Gasteiger partial charge in [-0.3, -0.25) is 18.7 Å². The van der Waals surface area contributed by atoms with Crippen LogP contribution in [0, 0.1) is 0 Å². The smallest absolute Gasteiger partial charge is 0.302 e. The fourth-order valence-corrected chi connectivity index (χ4v) is 4.54. The molecule has 0 spiro atoms. The summed E-state index contributed by atoms with van der Waals surface area (Å²) in [7, 11) is 0. The molecule has 1 N–H and O–H groups in total. The first-order valence-electron chi connectivity index (χ1n) is 10.2. The lowest BCUT2D eigenvalue weighted by molar-refractivity contribution is -0.115. The molecule has 2 aromatic heterocycles. The van der Waals surface area contributed by atoms with E-state index in [0.29, 0.717) is 33.2 Å². The lowest BCUT2D eigenvalue weighted by Gasteiger charge is -2.14. The van der Waals surface area contributed by atoms with Crippen molar-refractivity contribution in [2.24, 2.45) is 0 Å². The lowest BCUT2D eigenvalue weighted by Crippen LogP contribution is -2.39. The number of halogens is 1. The Bertz CT molecular complexity index is 1420. The Morgan fingerprint density at radius 2 is 1.78 bits per heavy atom. The van der Waals surface area contributed by atoms with Crippen molar-refractivity contribution in [3.63, 3.8) is 0 Å². The van der Waals surface area contributed by atoms with E-state index in [1.807, 2.05) is 24.4 Å². The molecule has 0 saturated carbocycles. The van der Waals surface area contributed by atoms with Crippen LogP contribution in [0.15, 0.2) is 57.4 Å². The van der Waals surface area contributed by atoms with Gasteiger partial charge in [0.1, 0.15) is 0 Å². The predicted octanol–water partition coefficient (Wildman–Crippen LogP) is 4.16. The van der Waals surface area contributed by atoms with E-state index in [0.717, 1.165) is 11.3 Å². The summed E-state index contributed by atoms with van der Waals surface area (Å²) in [6.45, 7) is 4.30. The summed E-state index contributed by atoms with van der Waals surface area (Å²) in [5, 5.41) is 6.17. The Morgan fingerprint density at radius 3 is 2.47 bits per heavy atom. The van der Waals surface area contributed by atoms with Crippen molar-refractivity contribution in [1.29, 1.82) is 0 Å². The second-order valence-corrected chi connectivity index (χ2v) is 8.45. The van der Waals surface area contributed by atoms with Crippen molar-refractivity contribution in [1.82, 2.24) is 14.1 Å². The second kappa shape index (κ2) is 9.10. The summed E-state index contributed by atoms with van der Waals surface area (Å²) in [6.07, 6.45) is -0.00588. The number of aromatic nitrogens is 3. The van der Waals surface area contributed by atoms with E-state index in [2.05, 4.69) is 10.3 Å². The second-order valence-electron chi connectivity index (χ2n) is 7.16. The number of rotatable bonds is 6. The zero-order valence-corrected chi connectivity index (χ0v) is 19.2. The number of nitrogens with zero attached hydrogens (tertiary/aromatic N) is 3. The first-order chi connectivity index (χ1) is 15.4. The third-order valence-electron chi connectivity index (χ3n) is 5.21. The molecular weight excluding hydrogens is 448 g/mol. The highest BCUT2D eigenvalue weighted by Crippen LogP contribution is 2.26. The third kappa shape index (κ3) is 4.11. The van der Waals surface area contributed by atoms with Crippen molar-refractivity contribution >= 4 is 44.9 Å². The van der Waals surface area contributed by atoms with Crippen LogP contribution < -0.4 is 16.6 Å². The van der Waals surface area contributed by atoms with E-state index in [1.165, 1.54) is 15.9 Å². The SMILES string of the molecule is CCn1c(=O)c2c(CC(=O)Nc3nc(-c4ccc(Cl)cc4)cs3)cccc2n(CC)c1=O. The average molecular weight is 469 g/mol. The van der Waals surface area contributed by atoms with Crippen molar-refractivity contribution in [2.45, 2.75) is 33.4 Å². The van der Waals surface area contributed by atoms with Crippen LogP contribution in [0.3, 0.4) is 0 Å². The maximum atomic E-state index is 13.0. The molecule has 0 saturated heterocycles. The maximum Gasteiger partial charge on any atom is 0.331 e. The standard InChI is InChI=1S/C23H21ClN4O3S/c1-3-27-18-7-5-6-15(20(18)21(30)28(4-2)23(27)31)12-19(29)26-22-25-17(13-32-22)14-8-10-16(24)11-9-14/h5-11,13H,3-4,12H2,1-2H3,(H,25,26,29). The first-order valence-corrected chi connectivity index (χ1v) is 11.4. The van der Waals surface area contributed by atoms with Crippen LogP contribution in [0.25, 0.3) is 22.2 Å². The molecule has 4 aromatic rings. The number of carbonyl (C=O) groups excluding carboxylic acids is 1. The Kier molecular flexibility index (Phi) is 6.25. The van der Waals surface area contributed by atoms with Crippen LogP contribution in [0.4, 0.5) is 5.13 Å². The molecule has 9 heteroatoms. The number of hydrogen-bond donors (Lipinski definition) is 1. The van der Waals surface area contributed by atoms with Crippen LogP contribution in [0.1, 0.15) is 19.4 Å². The van der Waals surface area contributed by atoms with Crippen LogP contribution >= 0.6 is 22.9 Å². The summed E-state index contributed by atoms with van der Waals surface area (Å²) in [5.41, 5.74) is 2.04. The van der Waals surface area contributed by atoms with Gasteiger partial charge in [-0.05, 0) is 37.6 Å². The van der Waals surface area contributed by atoms with E-state index in [4.69, 9.17) is 11.6 Å². The monoisotopic (exact) mass is 468 g/mol. The van der Waals surface area contributed by atoms with Gasteiger partial charge in [0.25, 0.3) is 5.56 Å². The summed E-state index contributed by atoms with van der Waals surface area (Å²) in [6, 6.07) is 12.5. The van der Waals surface area contributed by atoms with Crippen molar-refractivity contribution < 1.29 is 4.79 Å². The van der Waals surface area contributed by atoms with Crippen LogP contribution in [0.2, 0.25) is 5.02 Å². The Hall–Kier alpha value is -3.23. The largest absolute Gasteiger partial charge is 0.331 e. The van der Waals surface area contributed by atoms with Gasteiger partial charge in [-0.25, -0.2) is 9.78 Å². The molecule has 0 fully saturated rings. The number of fused-ring (bicyclic) bond motifs is 1. The average Bonchev–Trinajstić information content (AvgIpc) is 3.23. The fraction of sp³-hybridized carbons (Fsp3) is 0.217. The van der Waals surface area contributed by atoms with E-state index >= 15 is 0 Å². The molecule has 164 valence electrons. The number of hydrogen-bond acceptors (Lipinski definition) is 5. The highest BCUT2D eigenvalue weighted by Gasteiger charge is 2.17. The van der Waals surface area contributed by atoms with E-state index in [-0.39, 0.29) is 30.1 Å². The molecule has 0 aliphatic rings. The van der Waals surface area contributed by atoms with Gasteiger partial charge in [0, 0.05) is 29.1 Å². The molecule has 32 heavy (non-hydrogen) atoms. The van der Waals surface area contributed by atoms with Gasteiger partial charge in [-0.1, -0.05) is 35.9 Å². The number of thiazole rings is 1. The number of amides is 1. The van der Waals surface area contributed by atoms with Gasteiger partial charge >= 0.3 is 5.69 Å². The van der Waals surface area contributed by atoms with Crippen LogP contribution in [0.5, 0.6) is 0 Å². The summed E-state index contributed by atoms with van der Waals surface area (Å²) in [5.74, 6) is -0.286. The molecular formula is C23H21ClN4O3S. The number of aryl methyl sites for hydroxylation is 1. The number of anilines is 1. The van der Waals surface area contributed by atoms with Crippen LogP contribution in [-0.2, 0) is 24.3 Å². The molecule has 0 bridgehead atoms. The van der Waals surface area contributed by atoms with Gasteiger partial charge < -0.3 is 5.32 Å². The van der Waals surface area contributed by atoms with Gasteiger partial charge in [0.15, 0.2) is 5.13 Å². The van der Waals surface area contributed by atoms with Gasteiger partial charge in [-0.2, -0.15) is 0 Å². The molecule has 2 aromatic carbocycles. The highest BCUT2D eigenvalue weighted by molar-refractivity contribution is 7.14. The van der Waals surface area contributed by atoms with Gasteiger partial charge in [0.2, 0.25) is 5.91 Å². The zero-order chi connectivity index (χ0) is 22.8. The van der Waals surface area contributed by atoms with E-state index in [9.17, 15) is 14.4 Å². The van der Waals surface area contributed by atoms with Gasteiger partial charge in [-0.15, -0.1) is 11.3 Å². The van der Waals surface area contributed by atoms with Crippen LogP contribution in [-0.4, -0.2) is 20.0 Å². The minimum Gasteiger partial charge on any atom is -0.302 e. The maximum absolute atomic E-state index is 13.0. The molecule has 0 unspecified atom stereocenters. The van der Waals surface area contributed by atoms with Crippen molar-refractivity contribution in [3.8, 4) is 11.3 Å². The normalized spacial score (nSPS) is 11.1. The molecule has 0 aliphatic carbocycles. The summed E-state index contributed by atoms with van der Waals surface area (Å²) in [4.78, 5) is 42.8. The lowest BCUT2D eigenvalue weighted by atomic mass is 10.1. The fourth-order valence-electron chi connectivity index (χ4n) is 3.68. The minimum absolute atomic E-state index is 0.00588. The third-order valence-corrected chi connectivity index (χ3v) is 6.22. The number of benzene rings is 2. The molecule has 1 amide bonds. The van der Waals surface area contributed by atoms with E-state index in [1.54, 1.807) is 41.8 Å². The molecule has 4 rings (SSSR count). The summed E-state index contributed by atoms with van der Waals surface area (Å²) >= 11 is 7.25. The molecule has 0 atom stereocenters.